The van der Waals surface area contributed by atoms with E-state index >= 15 is 0 Å². The number of rotatable bonds is 7. The summed E-state index contributed by atoms with van der Waals surface area (Å²) in [7, 11) is 1.72. The highest BCUT2D eigenvalue weighted by Crippen LogP contribution is 2.28. The van der Waals surface area contributed by atoms with Gasteiger partial charge in [0.15, 0.2) is 0 Å². The lowest BCUT2D eigenvalue weighted by atomic mass is 9.88. The van der Waals surface area contributed by atoms with Gasteiger partial charge in [-0.05, 0) is 67.7 Å². The summed E-state index contributed by atoms with van der Waals surface area (Å²) in [6.07, 6.45) is 14.8. The summed E-state index contributed by atoms with van der Waals surface area (Å²) in [6.45, 7) is 6.04. The van der Waals surface area contributed by atoms with Crippen LogP contribution in [0.5, 0.6) is 5.75 Å². The molecule has 0 aliphatic carbocycles. The van der Waals surface area contributed by atoms with Crippen molar-refractivity contribution < 1.29 is 9.53 Å². The molecule has 1 amide bonds. The Bertz CT molecular complexity index is 1150. The van der Waals surface area contributed by atoms with Crippen LogP contribution in [0.15, 0.2) is 61.4 Å². The number of amides is 1. The SMILES string of the molecule is COc1ccc(CN2CCC3C(=O)NCCCCCCN(Cc4ccncc4)C3C2)cc1Cn1ccnc1. The fourth-order valence-corrected chi connectivity index (χ4v) is 5.93. The van der Waals surface area contributed by atoms with Crippen LogP contribution in [-0.4, -0.2) is 69.6 Å². The van der Waals surface area contributed by atoms with E-state index in [1.54, 1.807) is 13.3 Å². The molecular weight excluding hydrogens is 476 g/mol. The number of ether oxygens (including phenoxy) is 1. The first kappa shape index (κ1) is 26.4. The lowest BCUT2D eigenvalue weighted by Crippen LogP contribution is -2.56. The number of likely N-dealkylation sites (tertiary alicyclic amines) is 1. The zero-order chi connectivity index (χ0) is 26.2. The summed E-state index contributed by atoms with van der Waals surface area (Å²) in [4.78, 5) is 26.8. The number of methoxy groups -OCH3 is 1. The molecule has 38 heavy (non-hydrogen) atoms. The lowest BCUT2D eigenvalue weighted by molar-refractivity contribution is -0.129. The van der Waals surface area contributed by atoms with Crippen LogP contribution in [0.3, 0.4) is 0 Å². The summed E-state index contributed by atoms with van der Waals surface area (Å²) in [5, 5.41) is 3.25. The first-order chi connectivity index (χ1) is 18.7. The molecule has 2 aromatic heterocycles. The minimum absolute atomic E-state index is 0.0128. The molecule has 2 aliphatic heterocycles. The van der Waals surface area contributed by atoms with Crippen molar-refractivity contribution >= 4 is 5.91 Å². The van der Waals surface area contributed by atoms with Crippen molar-refractivity contribution in [2.75, 3.05) is 33.3 Å². The Hall–Kier alpha value is -3.23. The van der Waals surface area contributed by atoms with E-state index in [4.69, 9.17) is 4.74 Å². The van der Waals surface area contributed by atoms with E-state index in [1.165, 1.54) is 30.4 Å². The van der Waals surface area contributed by atoms with Crippen molar-refractivity contribution in [1.29, 1.82) is 0 Å². The van der Waals surface area contributed by atoms with Gasteiger partial charge in [-0.25, -0.2) is 4.98 Å². The summed E-state index contributed by atoms with van der Waals surface area (Å²) in [5.41, 5.74) is 3.66. The fraction of sp³-hybridized carbons (Fsp3) is 0.500. The third kappa shape index (κ3) is 6.79. The maximum atomic E-state index is 13.3. The number of hydrogen-bond donors (Lipinski definition) is 1. The largest absolute Gasteiger partial charge is 0.496 e. The quantitative estimate of drug-likeness (QED) is 0.516. The van der Waals surface area contributed by atoms with Gasteiger partial charge in [-0.1, -0.05) is 18.9 Å². The van der Waals surface area contributed by atoms with Crippen LogP contribution < -0.4 is 10.1 Å². The third-order valence-electron chi connectivity index (χ3n) is 7.94. The van der Waals surface area contributed by atoms with Gasteiger partial charge in [0.1, 0.15) is 5.75 Å². The number of benzene rings is 1. The summed E-state index contributed by atoms with van der Waals surface area (Å²) in [6, 6.07) is 10.9. The number of fused-ring (bicyclic) bond motifs is 1. The van der Waals surface area contributed by atoms with Crippen molar-refractivity contribution in [2.24, 2.45) is 5.92 Å². The molecule has 1 N–H and O–H groups in total. The molecule has 0 bridgehead atoms. The second-order valence-electron chi connectivity index (χ2n) is 10.6. The number of nitrogens with one attached hydrogen (secondary N) is 1. The molecular formula is C30H40N6O2. The van der Waals surface area contributed by atoms with Gasteiger partial charge < -0.3 is 14.6 Å². The average Bonchev–Trinajstić information content (AvgIpc) is 3.44. The van der Waals surface area contributed by atoms with Crippen LogP contribution in [-0.2, 0) is 24.4 Å². The molecule has 4 heterocycles. The summed E-state index contributed by atoms with van der Waals surface area (Å²) >= 11 is 0. The monoisotopic (exact) mass is 516 g/mol. The van der Waals surface area contributed by atoms with Gasteiger partial charge >= 0.3 is 0 Å². The van der Waals surface area contributed by atoms with E-state index in [9.17, 15) is 4.79 Å². The van der Waals surface area contributed by atoms with Crippen LogP contribution >= 0.6 is 0 Å². The van der Waals surface area contributed by atoms with E-state index in [-0.39, 0.29) is 17.9 Å². The standard InChI is InChI=1S/C30H40N6O2/c1-38-29-7-6-25(18-26(29)21-35-17-14-32-23-35)19-34-16-10-27-28(22-34)36(20-24-8-12-31-13-9-24)15-5-3-2-4-11-33-30(27)37/h6-9,12-14,17-18,23,27-28H,2-5,10-11,15-16,19-22H2,1H3,(H,33,37). The number of carbonyl (C=O) groups is 1. The lowest BCUT2D eigenvalue weighted by Gasteiger charge is -2.43. The number of piperidine rings is 1. The Morgan fingerprint density at radius 3 is 2.63 bits per heavy atom. The maximum absolute atomic E-state index is 13.3. The smallest absolute Gasteiger partial charge is 0.224 e. The molecule has 2 unspecified atom stereocenters. The molecule has 2 saturated heterocycles. The van der Waals surface area contributed by atoms with E-state index in [0.29, 0.717) is 0 Å². The Labute approximate surface area is 226 Å². The van der Waals surface area contributed by atoms with Gasteiger partial charge in [-0.15, -0.1) is 0 Å². The van der Waals surface area contributed by atoms with Crippen LogP contribution in [0.2, 0.25) is 0 Å². The highest BCUT2D eigenvalue weighted by atomic mass is 16.5. The van der Waals surface area contributed by atoms with Gasteiger partial charge in [0.05, 0.1) is 25.9 Å². The van der Waals surface area contributed by atoms with E-state index in [2.05, 4.69) is 60.0 Å². The van der Waals surface area contributed by atoms with Gasteiger partial charge in [-0.3, -0.25) is 19.6 Å². The number of aromatic nitrogens is 3. The highest BCUT2D eigenvalue weighted by molar-refractivity contribution is 5.79. The zero-order valence-electron chi connectivity index (χ0n) is 22.5. The molecule has 1 aromatic carbocycles. The van der Waals surface area contributed by atoms with Gasteiger partial charge in [0, 0.05) is 62.6 Å². The van der Waals surface area contributed by atoms with E-state index < -0.39 is 0 Å². The molecule has 202 valence electrons. The van der Waals surface area contributed by atoms with Gasteiger partial charge in [-0.2, -0.15) is 0 Å². The maximum Gasteiger partial charge on any atom is 0.224 e. The number of pyridine rings is 1. The highest BCUT2D eigenvalue weighted by Gasteiger charge is 2.37. The first-order valence-electron chi connectivity index (χ1n) is 13.9. The van der Waals surface area contributed by atoms with Crippen LogP contribution in [0.4, 0.5) is 0 Å². The van der Waals surface area contributed by atoms with Crippen LogP contribution in [0, 0.1) is 5.92 Å². The minimum Gasteiger partial charge on any atom is -0.496 e. The van der Waals surface area contributed by atoms with Crippen molar-refractivity contribution in [3.8, 4) is 5.75 Å². The molecule has 0 spiro atoms. The molecule has 8 heteroatoms. The zero-order valence-corrected chi connectivity index (χ0v) is 22.5. The first-order valence-corrected chi connectivity index (χ1v) is 13.9. The molecule has 2 aliphatic rings. The molecule has 0 saturated carbocycles. The molecule has 2 atom stereocenters. The predicted molar refractivity (Wildman–Crippen MR) is 148 cm³/mol. The Morgan fingerprint density at radius 2 is 1.82 bits per heavy atom. The average molecular weight is 517 g/mol. The topological polar surface area (TPSA) is 75.5 Å². The second-order valence-corrected chi connectivity index (χ2v) is 10.6. The minimum atomic E-state index is 0.0128. The van der Waals surface area contributed by atoms with Crippen LogP contribution in [0.25, 0.3) is 0 Å². The number of imidazole rings is 1. The van der Waals surface area contributed by atoms with Gasteiger partial charge in [0.2, 0.25) is 5.91 Å². The van der Waals surface area contributed by atoms with E-state index in [0.717, 1.165) is 70.0 Å². The van der Waals surface area contributed by atoms with Crippen molar-refractivity contribution in [1.82, 2.24) is 29.7 Å². The normalized spacial score (nSPS) is 21.8. The fourth-order valence-electron chi connectivity index (χ4n) is 5.93. The molecule has 2 fully saturated rings. The van der Waals surface area contributed by atoms with E-state index in [1.807, 2.05) is 24.9 Å². The molecule has 5 rings (SSSR count). The molecule has 8 nitrogen and oxygen atoms in total. The third-order valence-corrected chi connectivity index (χ3v) is 7.94. The van der Waals surface area contributed by atoms with Gasteiger partial charge in [0.25, 0.3) is 0 Å². The number of hydrogen-bond acceptors (Lipinski definition) is 6. The number of nitrogens with zero attached hydrogens (tertiary/aromatic N) is 5. The van der Waals surface area contributed by atoms with Crippen molar-refractivity contribution in [3.05, 3.63) is 78.1 Å². The molecule has 0 radical (unpaired) electrons. The van der Waals surface area contributed by atoms with Crippen molar-refractivity contribution in [3.63, 3.8) is 0 Å². The van der Waals surface area contributed by atoms with Crippen molar-refractivity contribution in [2.45, 2.75) is 57.8 Å². The molecule has 3 aromatic rings. The number of carbonyl (C=O) groups excluding carboxylic acids is 1. The summed E-state index contributed by atoms with van der Waals surface area (Å²) in [5.74, 6) is 1.13. The Morgan fingerprint density at radius 1 is 0.947 bits per heavy atom. The predicted octanol–water partition coefficient (Wildman–Crippen LogP) is 3.72. The van der Waals surface area contributed by atoms with Crippen LogP contribution in [0.1, 0.15) is 48.8 Å². The second kappa shape index (κ2) is 13.0. The Balaban J connectivity index is 1.35. The Kier molecular flexibility index (Phi) is 9.04. The summed E-state index contributed by atoms with van der Waals surface area (Å²) < 4.78 is 7.71.